The molecule has 0 spiro atoms. The molecule has 0 radical (unpaired) electrons. The van der Waals surface area contributed by atoms with Crippen LogP contribution in [-0.2, 0) is 0 Å². The van der Waals surface area contributed by atoms with Crippen LogP contribution in [0, 0.1) is 0 Å². The highest BCUT2D eigenvalue weighted by atomic mass is 16.5. The standard InChI is InChI=1S/C17H15N3O2/c1-20(14-10-6-3-7-11-14)17(21)18-16-12-15(22-19-16)13-8-4-2-5-9-13/h2-12H,1H3,(H,18,19,21). The number of hydrogen-bond donors (Lipinski definition) is 1. The number of carbonyl (C=O) groups excluding carboxylic acids is 1. The molecule has 0 atom stereocenters. The summed E-state index contributed by atoms with van der Waals surface area (Å²) >= 11 is 0. The smallest absolute Gasteiger partial charge is 0.327 e. The summed E-state index contributed by atoms with van der Waals surface area (Å²) in [7, 11) is 1.70. The van der Waals surface area contributed by atoms with Gasteiger partial charge in [-0.3, -0.25) is 10.2 Å². The molecule has 5 heteroatoms. The Hall–Kier alpha value is -3.08. The van der Waals surface area contributed by atoms with Gasteiger partial charge in [-0.25, -0.2) is 4.79 Å². The van der Waals surface area contributed by atoms with Crippen LogP contribution in [0.2, 0.25) is 0 Å². The summed E-state index contributed by atoms with van der Waals surface area (Å²) < 4.78 is 5.25. The molecule has 3 aromatic rings. The number of aromatic nitrogens is 1. The number of anilines is 2. The van der Waals surface area contributed by atoms with Gasteiger partial charge in [0.1, 0.15) is 0 Å². The van der Waals surface area contributed by atoms with E-state index in [4.69, 9.17) is 4.52 Å². The van der Waals surface area contributed by atoms with E-state index in [1.165, 1.54) is 4.90 Å². The van der Waals surface area contributed by atoms with Crippen molar-refractivity contribution in [3.8, 4) is 11.3 Å². The van der Waals surface area contributed by atoms with E-state index in [2.05, 4.69) is 10.5 Å². The van der Waals surface area contributed by atoms with Crippen LogP contribution in [0.3, 0.4) is 0 Å². The Labute approximate surface area is 128 Å². The zero-order valence-electron chi connectivity index (χ0n) is 12.1. The summed E-state index contributed by atoms with van der Waals surface area (Å²) in [4.78, 5) is 13.7. The van der Waals surface area contributed by atoms with Crippen molar-refractivity contribution in [3.05, 3.63) is 66.7 Å². The zero-order valence-corrected chi connectivity index (χ0v) is 12.1. The fourth-order valence-corrected chi connectivity index (χ4v) is 2.03. The minimum atomic E-state index is -0.279. The van der Waals surface area contributed by atoms with Crippen molar-refractivity contribution in [2.24, 2.45) is 0 Å². The van der Waals surface area contributed by atoms with E-state index in [0.717, 1.165) is 11.3 Å². The maximum atomic E-state index is 12.2. The molecule has 2 aromatic carbocycles. The fourth-order valence-electron chi connectivity index (χ4n) is 2.03. The molecule has 0 saturated heterocycles. The molecule has 0 fully saturated rings. The minimum Gasteiger partial charge on any atom is -0.354 e. The van der Waals surface area contributed by atoms with Gasteiger partial charge in [0, 0.05) is 24.4 Å². The Kier molecular flexibility index (Phi) is 3.87. The van der Waals surface area contributed by atoms with Crippen molar-refractivity contribution < 1.29 is 9.32 Å². The molecule has 0 aliphatic carbocycles. The summed E-state index contributed by atoms with van der Waals surface area (Å²) in [6.07, 6.45) is 0. The van der Waals surface area contributed by atoms with Crippen LogP contribution in [0.1, 0.15) is 0 Å². The number of nitrogens with zero attached hydrogens (tertiary/aromatic N) is 2. The molecule has 5 nitrogen and oxygen atoms in total. The summed E-state index contributed by atoms with van der Waals surface area (Å²) in [6, 6.07) is 20.4. The van der Waals surface area contributed by atoms with Gasteiger partial charge < -0.3 is 4.52 Å². The number of carbonyl (C=O) groups is 1. The normalized spacial score (nSPS) is 10.2. The molecular weight excluding hydrogens is 278 g/mol. The SMILES string of the molecule is CN(C(=O)Nc1cc(-c2ccccc2)on1)c1ccccc1. The molecule has 0 unspecified atom stereocenters. The second-order valence-electron chi connectivity index (χ2n) is 4.77. The summed E-state index contributed by atoms with van der Waals surface area (Å²) in [5.74, 6) is 0.991. The van der Waals surface area contributed by atoms with E-state index in [1.807, 2.05) is 60.7 Å². The molecular formula is C17H15N3O2. The molecule has 1 N–H and O–H groups in total. The first-order chi connectivity index (χ1) is 10.7. The predicted octanol–water partition coefficient (Wildman–Crippen LogP) is 4.01. The van der Waals surface area contributed by atoms with Crippen LogP contribution in [0.4, 0.5) is 16.3 Å². The van der Waals surface area contributed by atoms with Gasteiger partial charge in [0.25, 0.3) is 0 Å². The molecule has 0 aliphatic rings. The predicted molar refractivity (Wildman–Crippen MR) is 85.8 cm³/mol. The van der Waals surface area contributed by atoms with Crippen LogP contribution >= 0.6 is 0 Å². The third kappa shape index (κ3) is 2.98. The highest BCUT2D eigenvalue weighted by Crippen LogP contribution is 2.22. The fraction of sp³-hybridized carbons (Fsp3) is 0.0588. The number of para-hydroxylation sites is 1. The number of hydrogen-bond acceptors (Lipinski definition) is 3. The van der Waals surface area contributed by atoms with Crippen LogP contribution in [0.15, 0.2) is 71.3 Å². The number of rotatable bonds is 3. The maximum absolute atomic E-state index is 12.2. The van der Waals surface area contributed by atoms with Crippen molar-refractivity contribution in [1.29, 1.82) is 0 Å². The molecule has 2 amide bonds. The van der Waals surface area contributed by atoms with Gasteiger partial charge >= 0.3 is 6.03 Å². The van der Waals surface area contributed by atoms with Gasteiger partial charge in [0.05, 0.1) is 0 Å². The quantitative estimate of drug-likeness (QED) is 0.793. The zero-order chi connectivity index (χ0) is 15.4. The Morgan fingerprint density at radius 3 is 2.36 bits per heavy atom. The van der Waals surface area contributed by atoms with E-state index in [1.54, 1.807) is 13.1 Å². The first kappa shape index (κ1) is 13.9. The van der Waals surface area contributed by atoms with Crippen LogP contribution in [-0.4, -0.2) is 18.2 Å². The van der Waals surface area contributed by atoms with Crippen molar-refractivity contribution in [3.63, 3.8) is 0 Å². The lowest BCUT2D eigenvalue weighted by Gasteiger charge is -2.16. The van der Waals surface area contributed by atoms with Crippen LogP contribution in [0.25, 0.3) is 11.3 Å². The Morgan fingerprint density at radius 1 is 1.05 bits per heavy atom. The summed E-state index contributed by atoms with van der Waals surface area (Å²) in [5, 5.41) is 6.59. The Balaban J connectivity index is 1.71. The molecule has 3 rings (SSSR count). The summed E-state index contributed by atoms with van der Waals surface area (Å²) in [6.45, 7) is 0. The minimum absolute atomic E-state index is 0.279. The van der Waals surface area contributed by atoms with Crippen molar-refractivity contribution in [1.82, 2.24) is 5.16 Å². The Morgan fingerprint density at radius 2 is 1.68 bits per heavy atom. The van der Waals surface area contributed by atoms with Gasteiger partial charge in [-0.1, -0.05) is 53.7 Å². The third-order valence-electron chi connectivity index (χ3n) is 3.25. The largest absolute Gasteiger partial charge is 0.354 e. The Bertz CT molecular complexity index is 754. The number of urea groups is 1. The molecule has 1 heterocycles. The molecule has 22 heavy (non-hydrogen) atoms. The average Bonchev–Trinajstić information content (AvgIpc) is 3.04. The van der Waals surface area contributed by atoms with Crippen LogP contribution in [0.5, 0.6) is 0 Å². The monoisotopic (exact) mass is 293 g/mol. The topological polar surface area (TPSA) is 58.4 Å². The number of nitrogens with one attached hydrogen (secondary N) is 1. The van der Waals surface area contributed by atoms with Gasteiger partial charge in [0.15, 0.2) is 11.6 Å². The first-order valence-electron chi connectivity index (χ1n) is 6.86. The second-order valence-corrected chi connectivity index (χ2v) is 4.77. The third-order valence-corrected chi connectivity index (χ3v) is 3.25. The molecule has 110 valence electrons. The van der Waals surface area contributed by atoms with Gasteiger partial charge in [-0.15, -0.1) is 0 Å². The lowest BCUT2D eigenvalue weighted by atomic mass is 10.2. The van der Waals surface area contributed by atoms with E-state index in [0.29, 0.717) is 11.6 Å². The van der Waals surface area contributed by atoms with E-state index in [-0.39, 0.29) is 6.03 Å². The van der Waals surface area contributed by atoms with Crippen molar-refractivity contribution >= 4 is 17.5 Å². The highest BCUT2D eigenvalue weighted by molar-refractivity contribution is 6.00. The number of benzene rings is 2. The van der Waals surface area contributed by atoms with E-state index >= 15 is 0 Å². The second kappa shape index (κ2) is 6.13. The van der Waals surface area contributed by atoms with Crippen molar-refractivity contribution in [2.45, 2.75) is 0 Å². The molecule has 0 aliphatic heterocycles. The van der Waals surface area contributed by atoms with Gasteiger partial charge in [-0.05, 0) is 12.1 Å². The number of amides is 2. The lowest BCUT2D eigenvalue weighted by Crippen LogP contribution is -2.31. The van der Waals surface area contributed by atoms with E-state index < -0.39 is 0 Å². The van der Waals surface area contributed by atoms with Crippen molar-refractivity contribution in [2.75, 3.05) is 17.3 Å². The maximum Gasteiger partial charge on any atom is 0.327 e. The first-order valence-corrected chi connectivity index (χ1v) is 6.86. The summed E-state index contributed by atoms with van der Waals surface area (Å²) in [5.41, 5.74) is 1.71. The van der Waals surface area contributed by atoms with Crippen LogP contribution < -0.4 is 10.2 Å². The highest BCUT2D eigenvalue weighted by Gasteiger charge is 2.13. The van der Waals surface area contributed by atoms with E-state index in [9.17, 15) is 4.79 Å². The van der Waals surface area contributed by atoms with Gasteiger partial charge in [0.2, 0.25) is 0 Å². The average molecular weight is 293 g/mol. The lowest BCUT2D eigenvalue weighted by molar-refractivity contribution is 0.258. The molecule has 0 saturated carbocycles. The molecule has 0 bridgehead atoms. The molecule has 1 aromatic heterocycles. The van der Waals surface area contributed by atoms with Gasteiger partial charge in [-0.2, -0.15) is 0 Å².